The monoisotopic (exact) mass is 338 g/mol. The third kappa shape index (κ3) is 3.60. The summed E-state index contributed by atoms with van der Waals surface area (Å²) in [5.41, 5.74) is 1.11. The van der Waals surface area contributed by atoms with Crippen LogP contribution in [0.5, 0.6) is 5.75 Å². The summed E-state index contributed by atoms with van der Waals surface area (Å²) in [6.07, 6.45) is -0.647. The highest BCUT2D eigenvalue weighted by Crippen LogP contribution is 2.26. The molecular formula is C14H15BrN2O3. The van der Waals surface area contributed by atoms with Crippen molar-refractivity contribution < 1.29 is 14.1 Å². The molecule has 0 saturated carbocycles. The average Bonchev–Trinajstić information content (AvgIpc) is 2.78. The molecule has 0 spiro atoms. The Morgan fingerprint density at radius 2 is 2.15 bits per heavy atom. The van der Waals surface area contributed by atoms with E-state index in [1.807, 2.05) is 25.1 Å². The summed E-state index contributed by atoms with van der Waals surface area (Å²) in [4.78, 5) is 12.0. The van der Waals surface area contributed by atoms with Crippen LogP contribution in [0.1, 0.15) is 18.2 Å². The van der Waals surface area contributed by atoms with Gasteiger partial charge in [-0.1, -0.05) is 11.2 Å². The maximum absolute atomic E-state index is 12.0. The second kappa shape index (κ2) is 6.09. The summed E-state index contributed by atoms with van der Waals surface area (Å²) in [5, 5.41) is 6.33. The number of nitrogens with zero attached hydrogens (tertiary/aromatic N) is 1. The van der Waals surface area contributed by atoms with Gasteiger partial charge in [0.05, 0.1) is 4.47 Å². The second-order valence-electron chi connectivity index (χ2n) is 4.51. The van der Waals surface area contributed by atoms with Gasteiger partial charge in [0, 0.05) is 6.07 Å². The van der Waals surface area contributed by atoms with Crippen LogP contribution in [0.25, 0.3) is 0 Å². The first-order valence-electron chi connectivity index (χ1n) is 6.12. The zero-order chi connectivity index (χ0) is 14.7. The summed E-state index contributed by atoms with van der Waals surface area (Å²) in [5.74, 6) is 1.35. The number of carbonyl (C=O) groups is 1. The summed E-state index contributed by atoms with van der Waals surface area (Å²) >= 11 is 3.41. The maximum atomic E-state index is 12.0. The van der Waals surface area contributed by atoms with Crippen molar-refractivity contribution in [3.05, 3.63) is 40.1 Å². The molecular weight excluding hydrogens is 324 g/mol. The minimum absolute atomic E-state index is 0.286. The first-order chi connectivity index (χ1) is 9.45. The third-order valence-electron chi connectivity index (χ3n) is 2.64. The van der Waals surface area contributed by atoms with Gasteiger partial charge in [-0.3, -0.25) is 4.79 Å². The molecule has 0 saturated heterocycles. The Morgan fingerprint density at radius 3 is 2.75 bits per heavy atom. The fourth-order valence-corrected chi connectivity index (χ4v) is 2.19. The summed E-state index contributed by atoms with van der Waals surface area (Å²) in [6, 6.07) is 7.32. The number of rotatable bonds is 4. The second-order valence-corrected chi connectivity index (χ2v) is 5.36. The topological polar surface area (TPSA) is 64.4 Å². The van der Waals surface area contributed by atoms with E-state index in [9.17, 15) is 4.79 Å². The number of aromatic nitrogens is 1. The molecule has 5 nitrogen and oxygen atoms in total. The van der Waals surface area contributed by atoms with Gasteiger partial charge in [0.25, 0.3) is 5.91 Å². The Balaban J connectivity index is 2.00. The molecule has 0 radical (unpaired) electrons. The number of aryl methyl sites for hydroxylation is 2. The van der Waals surface area contributed by atoms with Crippen molar-refractivity contribution in [1.29, 1.82) is 0 Å². The SMILES string of the molecule is Cc1ccc(O[C@H](C)C(=O)Nc2cc(C)on2)c(Br)c1. The Hall–Kier alpha value is -1.82. The third-order valence-corrected chi connectivity index (χ3v) is 3.26. The molecule has 1 heterocycles. The standard InChI is InChI=1S/C14H15BrN2O3/c1-8-4-5-12(11(15)6-8)19-10(3)14(18)16-13-7-9(2)20-17-13/h4-7,10H,1-3H3,(H,16,17,18)/t10-/m1/s1. The van der Waals surface area contributed by atoms with E-state index in [0.717, 1.165) is 10.0 Å². The van der Waals surface area contributed by atoms with Gasteiger partial charge in [-0.15, -0.1) is 0 Å². The van der Waals surface area contributed by atoms with Crippen LogP contribution in [0.2, 0.25) is 0 Å². The molecule has 0 fully saturated rings. The van der Waals surface area contributed by atoms with Crippen LogP contribution in [0.15, 0.2) is 33.3 Å². The molecule has 0 aliphatic carbocycles. The highest BCUT2D eigenvalue weighted by molar-refractivity contribution is 9.10. The number of hydrogen-bond donors (Lipinski definition) is 1. The van der Waals surface area contributed by atoms with Gasteiger partial charge in [0.15, 0.2) is 11.9 Å². The highest BCUT2D eigenvalue weighted by atomic mass is 79.9. The zero-order valence-electron chi connectivity index (χ0n) is 11.4. The average molecular weight is 339 g/mol. The van der Waals surface area contributed by atoms with Crippen molar-refractivity contribution in [1.82, 2.24) is 5.16 Å². The Kier molecular flexibility index (Phi) is 4.44. The fourth-order valence-electron chi connectivity index (χ4n) is 1.60. The summed E-state index contributed by atoms with van der Waals surface area (Å²) in [7, 11) is 0. The van der Waals surface area contributed by atoms with Crippen molar-refractivity contribution in [2.24, 2.45) is 0 Å². The van der Waals surface area contributed by atoms with Gasteiger partial charge in [-0.05, 0) is 54.4 Å². The highest BCUT2D eigenvalue weighted by Gasteiger charge is 2.17. The maximum Gasteiger partial charge on any atom is 0.266 e. The lowest BCUT2D eigenvalue weighted by molar-refractivity contribution is -0.122. The Labute approximate surface area is 125 Å². The van der Waals surface area contributed by atoms with Crippen LogP contribution in [0, 0.1) is 13.8 Å². The minimum atomic E-state index is -0.647. The van der Waals surface area contributed by atoms with Gasteiger partial charge < -0.3 is 14.6 Å². The number of anilines is 1. The molecule has 1 atom stereocenters. The Bertz CT molecular complexity index is 625. The normalized spacial score (nSPS) is 12.0. The predicted molar refractivity (Wildman–Crippen MR) is 78.8 cm³/mol. The van der Waals surface area contributed by atoms with E-state index in [4.69, 9.17) is 9.26 Å². The van der Waals surface area contributed by atoms with Gasteiger partial charge in [-0.25, -0.2) is 0 Å². The van der Waals surface area contributed by atoms with Crippen LogP contribution < -0.4 is 10.1 Å². The van der Waals surface area contributed by atoms with Gasteiger partial charge in [0.1, 0.15) is 11.5 Å². The van der Waals surface area contributed by atoms with E-state index in [1.165, 1.54) is 0 Å². The summed E-state index contributed by atoms with van der Waals surface area (Å²) < 4.78 is 11.3. The molecule has 1 N–H and O–H groups in total. The number of hydrogen-bond acceptors (Lipinski definition) is 4. The molecule has 1 aromatic carbocycles. The van der Waals surface area contributed by atoms with Crippen LogP contribution in [-0.4, -0.2) is 17.2 Å². The van der Waals surface area contributed by atoms with E-state index in [2.05, 4.69) is 26.4 Å². The molecule has 6 heteroatoms. The van der Waals surface area contributed by atoms with Crippen LogP contribution in [0.3, 0.4) is 0 Å². The van der Waals surface area contributed by atoms with Gasteiger partial charge in [-0.2, -0.15) is 0 Å². The number of amides is 1. The smallest absolute Gasteiger partial charge is 0.266 e. The quantitative estimate of drug-likeness (QED) is 0.927. The largest absolute Gasteiger partial charge is 0.480 e. The molecule has 106 valence electrons. The molecule has 2 aromatic rings. The number of ether oxygens (including phenoxy) is 1. The molecule has 0 aliphatic heterocycles. The lowest BCUT2D eigenvalue weighted by atomic mass is 10.2. The van der Waals surface area contributed by atoms with Crippen molar-refractivity contribution >= 4 is 27.7 Å². The summed E-state index contributed by atoms with van der Waals surface area (Å²) in [6.45, 7) is 5.41. The van der Waals surface area contributed by atoms with E-state index < -0.39 is 6.10 Å². The molecule has 1 amide bonds. The van der Waals surface area contributed by atoms with Crippen LogP contribution in [-0.2, 0) is 4.79 Å². The lowest BCUT2D eigenvalue weighted by Gasteiger charge is -2.15. The zero-order valence-corrected chi connectivity index (χ0v) is 13.0. The van der Waals surface area contributed by atoms with Crippen LogP contribution in [0.4, 0.5) is 5.82 Å². The van der Waals surface area contributed by atoms with Crippen molar-refractivity contribution in [3.8, 4) is 5.75 Å². The van der Waals surface area contributed by atoms with Crippen molar-refractivity contribution in [2.75, 3.05) is 5.32 Å². The molecule has 20 heavy (non-hydrogen) atoms. The number of halogens is 1. The first-order valence-corrected chi connectivity index (χ1v) is 6.92. The number of carbonyl (C=O) groups excluding carboxylic acids is 1. The molecule has 1 aromatic heterocycles. The molecule has 0 bridgehead atoms. The Morgan fingerprint density at radius 1 is 1.40 bits per heavy atom. The van der Waals surface area contributed by atoms with E-state index in [-0.39, 0.29) is 5.91 Å². The van der Waals surface area contributed by atoms with E-state index in [1.54, 1.807) is 19.9 Å². The van der Waals surface area contributed by atoms with Gasteiger partial charge in [0.2, 0.25) is 0 Å². The van der Waals surface area contributed by atoms with E-state index >= 15 is 0 Å². The predicted octanol–water partition coefficient (Wildman–Crippen LogP) is 3.46. The van der Waals surface area contributed by atoms with Crippen molar-refractivity contribution in [3.63, 3.8) is 0 Å². The number of benzene rings is 1. The number of nitrogens with one attached hydrogen (secondary N) is 1. The molecule has 2 rings (SSSR count). The lowest BCUT2D eigenvalue weighted by Crippen LogP contribution is -2.30. The minimum Gasteiger partial charge on any atom is -0.480 e. The van der Waals surface area contributed by atoms with Gasteiger partial charge >= 0.3 is 0 Å². The molecule has 0 unspecified atom stereocenters. The fraction of sp³-hybridized carbons (Fsp3) is 0.286. The van der Waals surface area contributed by atoms with E-state index in [0.29, 0.717) is 17.3 Å². The van der Waals surface area contributed by atoms with Crippen LogP contribution >= 0.6 is 15.9 Å². The first kappa shape index (κ1) is 14.6. The van der Waals surface area contributed by atoms with Crippen molar-refractivity contribution in [2.45, 2.75) is 26.9 Å². The molecule has 0 aliphatic rings.